The average molecular weight is 365 g/mol. The Morgan fingerprint density at radius 3 is 2.19 bits per heavy atom. The lowest BCUT2D eigenvalue weighted by Crippen LogP contribution is -2.61. The molecule has 0 aliphatic heterocycles. The quantitative estimate of drug-likeness (QED) is 0.340. The Bertz CT molecular complexity index is 548. The molecule has 1 aromatic rings. The third-order valence-electron chi connectivity index (χ3n) is 4.31. The molecule has 1 rings (SSSR count). The van der Waals surface area contributed by atoms with Crippen LogP contribution in [0.4, 0.5) is 0 Å². The van der Waals surface area contributed by atoms with Gasteiger partial charge in [-0.2, -0.15) is 0 Å². The van der Waals surface area contributed by atoms with E-state index in [1.807, 2.05) is 19.9 Å². The molecule has 6 heteroatoms. The summed E-state index contributed by atoms with van der Waals surface area (Å²) in [6, 6.07) is 7.69. The second-order valence-electron chi connectivity index (χ2n) is 6.54. The SMILES string of the molecule is CCCCCC(NC(CCCCC)(Oc1ccccc1)C(=O)O)C(=O)O. The van der Waals surface area contributed by atoms with Crippen molar-refractivity contribution in [1.82, 2.24) is 5.32 Å². The number of carboxylic acid groups (broad SMARTS) is 2. The minimum absolute atomic E-state index is 0.197. The van der Waals surface area contributed by atoms with Crippen LogP contribution in [0, 0.1) is 0 Å². The molecule has 0 heterocycles. The number of nitrogens with one attached hydrogen (secondary N) is 1. The third kappa shape index (κ3) is 7.04. The molecule has 0 radical (unpaired) electrons. The molecular formula is C20H31NO5. The number of ether oxygens (including phenoxy) is 1. The first-order chi connectivity index (χ1) is 12.4. The van der Waals surface area contributed by atoms with Crippen molar-refractivity contribution in [2.75, 3.05) is 0 Å². The molecule has 0 fully saturated rings. The van der Waals surface area contributed by atoms with Crippen molar-refractivity contribution in [3.8, 4) is 5.75 Å². The molecule has 0 aliphatic rings. The van der Waals surface area contributed by atoms with Gasteiger partial charge in [0.2, 0.25) is 0 Å². The molecule has 6 nitrogen and oxygen atoms in total. The lowest BCUT2D eigenvalue weighted by molar-refractivity contribution is -0.162. The summed E-state index contributed by atoms with van der Waals surface area (Å²) in [6.07, 6.45) is 5.56. The first-order valence-corrected chi connectivity index (χ1v) is 9.43. The highest BCUT2D eigenvalue weighted by Gasteiger charge is 2.43. The van der Waals surface area contributed by atoms with E-state index in [-0.39, 0.29) is 6.42 Å². The van der Waals surface area contributed by atoms with Gasteiger partial charge in [-0.15, -0.1) is 0 Å². The van der Waals surface area contributed by atoms with Crippen molar-refractivity contribution in [3.05, 3.63) is 30.3 Å². The Morgan fingerprint density at radius 2 is 1.65 bits per heavy atom. The summed E-state index contributed by atoms with van der Waals surface area (Å²) in [5, 5.41) is 22.3. The Hall–Kier alpha value is -2.08. The maximum Gasteiger partial charge on any atom is 0.363 e. The van der Waals surface area contributed by atoms with Crippen LogP contribution in [0.25, 0.3) is 0 Å². The fourth-order valence-electron chi connectivity index (χ4n) is 2.82. The molecule has 26 heavy (non-hydrogen) atoms. The van der Waals surface area contributed by atoms with Crippen LogP contribution in [0.3, 0.4) is 0 Å². The molecule has 1 aromatic carbocycles. The van der Waals surface area contributed by atoms with E-state index in [2.05, 4.69) is 5.32 Å². The summed E-state index contributed by atoms with van der Waals surface area (Å²) in [7, 11) is 0. The molecule has 3 N–H and O–H groups in total. The van der Waals surface area contributed by atoms with Crippen LogP contribution in [-0.4, -0.2) is 33.9 Å². The number of unbranched alkanes of at least 4 members (excludes halogenated alkanes) is 4. The van der Waals surface area contributed by atoms with Crippen LogP contribution in [0.1, 0.15) is 65.2 Å². The highest BCUT2D eigenvalue weighted by atomic mass is 16.5. The topological polar surface area (TPSA) is 95.9 Å². The van der Waals surface area contributed by atoms with Gasteiger partial charge in [0.15, 0.2) is 0 Å². The summed E-state index contributed by atoms with van der Waals surface area (Å²) in [5.41, 5.74) is -1.76. The van der Waals surface area contributed by atoms with Gasteiger partial charge in [-0.25, -0.2) is 4.79 Å². The van der Waals surface area contributed by atoms with E-state index in [4.69, 9.17) is 4.74 Å². The average Bonchev–Trinajstić information content (AvgIpc) is 2.61. The van der Waals surface area contributed by atoms with E-state index in [1.54, 1.807) is 24.3 Å². The fourth-order valence-corrected chi connectivity index (χ4v) is 2.82. The van der Waals surface area contributed by atoms with Crippen molar-refractivity contribution in [1.29, 1.82) is 0 Å². The number of rotatable bonds is 14. The van der Waals surface area contributed by atoms with Crippen LogP contribution in [0.5, 0.6) is 5.75 Å². The van der Waals surface area contributed by atoms with E-state index in [1.165, 1.54) is 0 Å². The summed E-state index contributed by atoms with van der Waals surface area (Å²) >= 11 is 0. The Morgan fingerprint density at radius 1 is 1.04 bits per heavy atom. The fraction of sp³-hybridized carbons (Fsp3) is 0.600. The lowest BCUT2D eigenvalue weighted by atomic mass is 10.0. The van der Waals surface area contributed by atoms with Crippen molar-refractivity contribution < 1.29 is 24.5 Å². The molecule has 2 unspecified atom stereocenters. The molecule has 2 atom stereocenters. The molecular weight excluding hydrogens is 334 g/mol. The van der Waals surface area contributed by atoms with Gasteiger partial charge in [0.05, 0.1) is 0 Å². The molecule has 0 aromatic heterocycles. The van der Waals surface area contributed by atoms with Gasteiger partial charge in [0.25, 0.3) is 5.72 Å². The van der Waals surface area contributed by atoms with Crippen molar-refractivity contribution in [2.45, 2.75) is 77.0 Å². The zero-order valence-electron chi connectivity index (χ0n) is 15.7. The molecule has 146 valence electrons. The minimum Gasteiger partial charge on any atom is -0.480 e. The van der Waals surface area contributed by atoms with E-state index in [9.17, 15) is 19.8 Å². The standard InChI is InChI=1S/C20H31NO5/c1-3-5-8-14-17(18(22)23)21-20(19(24)25,15-11-6-4-2)26-16-12-9-7-10-13-16/h7,9-10,12-13,17,21H,3-6,8,11,14-15H2,1-2H3,(H,22,23)(H,24,25). The second-order valence-corrected chi connectivity index (χ2v) is 6.54. The van der Waals surface area contributed by atoms with Gasteiger partial charge >= 0.3 is 11.9 Å². The smallest absolute Gasteiger partial charge is 0.363 e. The van der Waals surface area contributed by atoms with Gasteiger partial charge in [-0.3, -0.25) is 10.1 Å². The number of carboxylic acids is 2. The van der Waals surface area contributed by atoms with Crippen LogP contribution < -0.4 is 10.1 Å². The maximum atomic E-state index is 12.1. The van der Waals surface area contributed by atoms with Crippen LogP contribution >= 0.6 is 0 Å². The molecule has 0 aliphatic carbocycles. The van der Waals surface area contributed by atoms with Crippen molar-refractivity contribution in [3.63, 3.8) is 0 Å². The number of aliphatic carboxylic acids is 2. The zero-order chi connectivity index (χ0) is 19.4. The van der Waals surface area contributed by atoms with Crippen molar-refractivity contribution >= 4 is 11.9 Å². The van der Waals surface area contributed by atoms with Crippen molar-refractivity contribution in [2.24, 2.45) is 0 Å². The van der Waals surface area contributed by atoms with Crippen LogP contribution in [0.2, 0.25) is 0 Å². The van der Waals surface area contributed by atoms with E-state index in [0.717, 1.165) is 32.1 Å². The van der Waals surface area contributed by atoms with E-state index < -0.39 is 23.7 Å². The summed E-state index contributed by atoms with van der Waals surface area (Å²) in [6.45, 7) is 4.06. The Labute approximate surface area is 155 Å². The maximum absolute atomic E-state index is 12.1. The third-order valence-corrected chi connectivity index (χ3v) is 4.31. The van der Waals surface area contributed by atoms with E-state index in [0.29, 0.717) is 18.6 Å². The molecule has 0 saturated carbocycles. The predicted molar refractivity (Wildman–Crippen MR) is 100 cm³/mol. The lowest BCUT2D eigenvalue weighted by Gasteiger charge is -2.34. The molecule has 0 saturated heterocycles. The zero-order valence-corrected chi connectivity index (χ0v) is 15.7. The van der Waals surface area contributed by atoms with Gasteiger partial charge in [-0.1, -0.05) is 64.2 Å². The van der Waals surface area contributed by atoms with Gasteiger partial charge in [-0.05, 0) is 25.0 Å². The monoisotopic (exact) mass is 365 g/mol. The van der Waals surface area contributed by atoms with E-state index >= 15 is 0 Å². The molecule has 0 amide bonds. The summed E-state index contributed by atoms with van der Waals surface area (Å²) < 4.78 is 5.82. The highest BCUT2D eigenvalue weighted by Crippen LogP contribution is 2.24. The number of hydrogen-bond acceptors (Lipinski definition) is 4. The summed E-state index contributed by atoms with van der Waals surface area (Å²) in [5.74, 6) is -1.85. The highest BCUT2D eigenvalue weighted by molar-refractivity contribution is 5.80. The Kier molecular flexibility index (Phi) is 9.73. The number of benzene rings is 1. The van der Waals surface area contributed by atoms with Gasteiger partial charge < -0.3 is 14.9 Å². The van der Waals surface area contributed by atoms with Crippen LogP contribution in [0.15, 0.2) is 30.3 Å². The second kappa shape index (κ2) is 11.5. The largest absolute Gasteiger partial charge is 0.480 e. The van der Waals surface area contributed by atoms with Gasteiger partial charge in [0, 0.05) is 6.42 Å². The first kappa shape index (κ1) is 22.0. The first-order valence-electron chi connectivity index (χ1n) is 9.43. The molecule has 0 bridgehead atoms. The number of para-hydroxylation sites is 1. The number of hydrogen-bond donors (Lipinski definition) is 3. The van der Waals surface area contributed by atoms with Gasteiger partial charge in [0.1, 0.15) is 11.8 Å². The minimum atomic E-state index is -1.76. The van der Waals surface area contributed by atoms with Crippen LogP contribution in [-0.2, 0) is 9.59 Å². The Balaban J connectivity index is 3.05. The molecule has 0 spiro atoms. The summed E-state index contributed by atoms with van der Waals surface area (Å²) in [4.78, 5) is 23.8. The predicted octanol–water partition coefficient (Wildman–Crippen LogP) is 4.05. The number of carbonyl (C=O) groups is 2. The normalized spacial score (nSPS) is 14.4.